The van der Waals surface area contributed by atoms with Gasteiger partial charge in [0.15, 0.2) is 0 Å². The first-order valence-corrected chi connectivity index (χ1v) is 9.91. The summed E-state index contributed by atoms with van der Waals surface area (Å²) in [4.78, 5) is 9.16. The van der Waals surface area contributed by atoms with Gasteiger partial charge in [0.05, 0.1) is 17.7 Å². The maximum atomic E-state index is 6.42. The summed E-state index contributed by atoms with van der Waals surface area (Å²) in [6.45, 7) is 4.48. The zero-order chi connectivity index (χ0) is 20.8. The minimum atomic E-state index is -0.205. The summed E-state index contributed by atoms with van der Waals surface area (Å²) in [5.74, 6) is 0.618. The number of nitrogens with one attached hydrogen (secondary N) is 1. The molecule has 2 aromatic carbocycles. The van der Waals surface area contributed by atoms with Gasteiger partial charge in [-0.05, 0) is 47.0 Å². The third kappa shape index (κ3) is 4.23. The van der Waals surface area contributed by atoms with Crippen LogP contribution in [0.5, 0.6) is 0 Å². The lowest BCUT2D eigenvalue weighted by Gasteiger charge is -2.31. The van der Waals surface area contributed by atoms with Crippen molar-refractivity contribution in [3.8, 4) is 0 Å². The fourth-order valence-corrected chi connectivity index (χ4v) is 3.68. The predicted octanol–water partition coefficient (Wildman–Crippen LogP) is 5.71. The van der Waals surface area contributed by atoms with E-state index in [0.717, 1.165) is 28.2 Å². The van der Waals surface area contributed by atoms with Gasteiger partial charge in [-0.15, -0.1) is 0 Å². The van der Waals surface area contributed by atoms with Crippen LogP contribution in [0.4, 0.5) is 11.5 Å². The van der Waals surface area contributed by atoms with E-state index in [-0.39, 0.29) is 12.0 Å². The summed E-state index contributed by atoms with van der Waals surface area (Å²) < 4.78 is 0. The van der Waals surface area contributed by atoms with Crippen LogP contribution in [0.3, 0.4) is 0 Å². The van der Waals surface area contributed by atoms with Gasteiger partial charge in [0.2, 0.25) is 0 Å². The van der Waals surface area contributed by atoms with E-state index >= 15 is 0 Å². The number of nitrogen functional groups attached to an aromatic ring is 1. The second kappa shape index (κ2) is 9.05. The fraction of sp³-hybridized carbons (Fsp3) is 0.0769. The van der Waals surface area contributed by atoms with Gasteiger partial charge in [0, 0.05) is 18.1 Å². The highest BCUT2D eigenvalue weighted by Crippen LogP contribution is 2.43. The van der Waals surface area contributed by atoms with E-state index in [0.29, 0.717) is 5.69 Å². The normalized spacial score (nSPS) is 12.7. The molecule has 0 aliphatic heterocycles. The number of benzene rings is 2. The average Bonchev–Trinajstić information content (AvgIpc) is 2.81. The Morgan fingerprint density at radius 3 is 2.10 bits per heavy atom. The molecule has 4 aromatic rings. The molecule has 4 heteroatoms. The van der Waals surface area contributed by atoms with Crippen molar-refractivity contribution in [3.05, 3.63) is 127 Å². The Morgan fingerprint density at radius 2 is 1.43 bits per heavy atom. The number of pyridine rings is 2. The Morgan fingerprint density at radius 1 is 0.767 bits per heavy atom. The molecule has 0 aliphatic rings. The lowest BCUT2D eigenvalue weighted by atomic mass is 9.81. The molecule has 30 heavy (non-hydrogen) atoms. The quantitative estimate of drug-likeness (QED) is 0.396. The zero-order valence-electron chi connectivity index (χ0n) is 16.6. The number of hydrogen-bond donors (Lipinski definition) is 2. The number of rotatable bonds is 7. The smallest absolute Gasteiger partial charge is 0.126 e. The van der Waals surface area contributed by atoms with Gasteiger partial charge >= 0.3 is 0 Å². The van der Waals surface area contributed by atoms with Crippen LogP contribution in [-0.4, -0.2) is 9.97 Å². The first-order chi connectivity index (χ1) is 14.7. The van der Waals surface area contributed by atoms with Crippen LogP contribution in [0.25, 0.3) is 5.57 Å². The predicted molar refractivity (Wildman–Crippen MR) is 124 cm³/mol. The van der Waals surface area contributed by atoms with Crippen molar-refractivity contribution in [1.82, 2.24) is 9.97 Å². The molecule has 0 saturated carbocycles. The molecule has 0 aliphatic carbocycles. The Balaban J connectivity index is 1.86. The molecule has 0 fully saturated rings. The molecule has 4 rings (SSSR count). The molecule has 0 spiro atoms. The van der Waals surface area contributed by atoms with Gasteiger partial charge in [-0.25, -0.2) is 4.98 Å². The summed E-state index contributed by atoms with van der Waals surface area (Å²) >= 11 is 0. The van der Waals surface area contributed by atoms with E-state index < -0.39 is 0 Å². The summed E-state index contributed by atoms with van der Waals surface area (Å²) in [6, 6.07) is 29.7. The van der Waals surface area contributed by atoms with Crippen LogP contribution in [0.2, 0.25) is 0 Å². The van der Waals surface area contributed by atoms with E-state index in [1.54, 1.807) is 6.20 Å². The molecular formula is C26H24N4. The fourth-order valence-electron chi connectivity index (χ4n) is 3.68. The largest absolute Gasteiger partial charge is 0.398 e. The summed E-state index contributed by atoms with van der Waals surface area (Å²) in [5, 5.41) is 3.59. The Bertz CT molecular complexity index is 1100. The molecule has 2 atom stereocenters. The number of hydrogen-bond acceptors (Lipinski definition) is 4. The lowest BCUT2D eigenvalue weighted by Crippen LogP contribution is -2.23. The Kier molecular flexibility index (Phi) is 5.85. The zero-order valence-corrected chi connectivity index (χ0v) is 16.6. The maximum Gasteiger partial charge on any atom is 0.126 e. The van der Waals surface area contributed by atoms with Crippen molar-refractivity contribution in [2.45, 2.75) is 12.0 Å². The summed E-state index contributed by atoms with van der Waals surface area (Å²) in [5.41, 5.74) is 11.1. The molecule has 2 heterocycles. The number of nitrogens with zero attached hydrogens (tertiary/aromatic N) is 2. The highest BCUT2D eigenvalue weighted by Gasteiger charge is 2.30. The van der Waals surface area contributed by atoms with Crippen molar-refractivity contribution in [2.24, 2.45) is 0 Å². The van der Waals surface area contributed by atoms with Crippen molar-refractivity contribution >= 4 is 17.1 Å². The van der Waals surface area contributed by atoms with Gasteiger partial charge in [0.25, 0.3) is 0 Å². The van der Waals surface area contributed by atoms with Gasteiger partial charge in [-0.2, -0.15) is 0 Å². The van der Waals surface area contributed by atoms with E-state index in [2.05, 4.69) is 34.0 Å². The van der Waals surface area contributed by atoms with E-state index in [1.165, 1.54) is 0 Å². The van der Waals surface area contributed by atoms with Crippen LogP contribution in [0, 0.1) is 0 Å². The standard InChI is InChI=1S/C26H24N4/c1-19(20-11-3-2-4-12-20)25(23-15-7-9-17-28-23)26(21-13-5-6-14-22(21)27)30-24-16-8-10-18-29-24/h2-18,25-26H,1,27H2,(H,29,30). The molecular weight excluding hydrogens is 368 g/mol. The second-order valence-electron chi connectivity index (χ2n) is 7.09. The first-order valence-electron chi connectivity index (χ1n) is 9.91. The average molecular weight is 393 g/mol. The molecule has 4 nitrogen and oxygen atoms in total. The summed E-state index contributed by atoms with van der Waals surface area (Å²) in [6.07, 6.45) is 3.59. The third-order valence-electron chi connectivity index (χ3n) is 5.16. The van der Waals surface area contributed by atoms with E-state index in [1.807, 2.05) is 85.1 Å². The van der Waals surface area contributed by atoms with Gasteiger partial charge in [-0.1, -0.05) is 67.2 Å². The highest BCUT2D eigenvalue weighted by atomic mass is 15.0. The molecule has 2 aromatic heterocycles. The molecule has 0 bridgehead atoms. The monoisotopic (exact) mass is 392 g/mol. The molecule has 2 unspecified atom stereocenters. The van der Waals surface area contributed by atoms with Crippen LogP contribution < -0.4 is 11.1 Å². The summed E-state index contributed by atoms with van der Waals surface area (Å²) in [7, 11) is 0. The van der Waals surface area contributed by atoms with Crippen molar-refractivity contribution in [1.29, 1.82) is 0 Å². The van der Waals surface area contributed by atoms with Crippen molar-refractivity contribution in [3.63, 3.8) is 0 Å². The molecule has 0 radical (unpaired) electrons. The SMILES string of the molecule is C=C(c1ccccc1)C(c1ccccn1)C(Nc1ccccn1)c1ccccc1N. The van der Waals surface area contributed by atoms with Crippen molar-refractivity contribution in [2.75, 3.05) is 11.1 Å². The number of anilines is 2. The van der Waals surface area contributed by atoms with Crippen LogP contribution in [-0.2, 0) is 0 Å². The van der Waals surface area contributed by atoms with Crippen molar-refractivity contribution < 1.29 is 0 Å². The second-order valence-corrected chi connectivity index (χ2v) is 7.09. The molecule has 148 valence electrons. The molecule has 3 N–H and O–H groups in total. The third-order valence-corrected chi connectivity index (χ3v) is 5.16. The number of aromatic nitrogens is 2. The van der Waals surface area contributed by atoms with Crippen LogP contribution in [0.15, 0.2) is 110 Å². The van der Waals surface area contributed by atoms with Gasteiger partial charge < -0.3 is 11.1 Å². The molecule has 0 saturated heterocycles. The van der Waals surface area contributed by atoms with Crippen LogP contribution in [0.1, 0.15) is 28.8 Å². The minimum Gasteiger partial charge on any atom is -0.398 e. The van der Waals surface area contributed by atoms with E-state index in [9.17, 15) is 0 Å². The lowest BCUT2D eigenvalue weighted by molar-refractivity contribution is 0.686. The first kappa shape index (κ1) is 19.4. The maximum absolute atomic E-state index is 6.42. The van der Waals surface area contributed by atoms with Gasteiger partial charge in [0.1, 0.15) is 5.82 Å². The number of para-hydroxylation sites is 1. The van der Waals surface area contributed by atoms with E-state index in [4.69, 9.17) is 5.73 Å². The topological polar surface area (TPSA) is 63.8 Å². The molecule has 0 amide bonds. The Hall–Kier alpha value is -3.92. The minimum absolute atomic E-state index is 0.152. The highest BCUT2D eigenvalue weighted by molar-refractivity contribution is 5.72. The Labute approximate surface area is 177 Å². The number of nitrogens with two attached hydrogens (primary N) is 1. The van der Waals surface area contributed by atoms with Gasteiger partial charge in [-0.3, -0.25) is 4.98 Å². The van der Waals surface area contributed by atoms with Crippen LogP contribution >= 0.6 is 0 Å².